The summed E-state index contributed by atoms with van der Waals surface area (Å²) in [5, 5.41) is 14.2. The predicted octanol–water partition coefficient (Wildman–Crippen LogP) is 1.13. The third-order valence-electron chi connectivity index (χ3n) is 4.65. The lowest BCUT2D eigenvalue weighted by Crippen LogP contribution is -2.42. The lowest BCUT2D eigenvalue weighted by Gasteiger charge is -2.28. The van der Waals surface area contributed by atoms with Gasteiger partial charge in [-0.05, 0) is 42.9 Å². The summed E-state index contributed by atoms with van der Waals surface area (Å²) in [5.74, 6) is -2.31. The highest BCUT2D eigenvalue weighted by atomic mass is 16.5. The fourth-order valence-corrected chi connectivity index (χ4v) is 3.64. The first kappa shape index (κ1) is 14.6. The Kier molecular flexibility index (Phi) is 3.64. The van der Waals surface area contributed by atoms with Gasteiger partial charge in [-0.25, -0.2) is 0 Å². The van der Waals surface area contributed by atoms with Crippen LogP contribution in [0, 0.1) is 30.6 Å². The fraction of sp³-hybridized carbons (Fsp3) is 0.412. The second kappa shape index (κ2) is 5.48. The number of ether oxygens (including phenoxy) is 1. The topological polar surface area (TPSA) is 78.5 Å². The van der Waals surface area contributed by atoms with E-state index in [-0.39, 0.29) is 17.7 Å². The van der Waals surface area contributed by atoms with E-state index in [1.54, 1.807) is 6.07 Å². The van der Waals surface area contributed by atoms with Gasteiger partial charge in [0.25, 0.3) is 0 Å². The van der Waals surface area contributed by atoms with Crippen molar-refractivity contribution in [3.8, 4) is 5.75 Å². The van der Waals surface area contributed by atoms with Gasteiger partial charge >= 0.3 is 0 Å². The van der Waals surface area contributed by atoms with Gasteiger partial charge in [-0.2, -0.15) is 0 Å². The van der Waals surface area contributed by atoms with Gasteiger partial charge in [-0.3, -0.25) is 4.79 Å². The maximum Gasteiger partial charge on any atom is 0.228 e. The number of fused-ring (bicyclic) bond motifs is 2. The highest BCUT2D eigenvalue weighted by Crippen LogP contribution is 2.48. The molecule has 0 spiro atoms. The molecular weight excluding hydrogens is 282 g/mol. The average molecular weight is 300 g/mol. The number of carboxylic acid groups (broad SMARTS) is 1. The molecule has 1 aromatic carbocycles. The first-order valence-corrected chi connectivity index (χ1v) is 7.36. The van der Waals surface area contributed by atoms with Crippen LogP contribution in [0.2, 0.25) is 0 Å². The molecule has 1 aromatic rings. The van der Waals surface area contributed by atoms with Crippen molar-refractivity contribution in [2.45, 2.75) is 13.3 Å². The highest BCUT2D eigenvalue weighted by molar-refractivity contribution is 5.97. The molecule has 0 aromatic heterocycles. The Morgan fingerprint density at radius 2 is 1.91 bits per heavy atom. The summed E-state index contributed by atoms with van der Waals surface area (Å²) < 4.78 is 5.24. The minimum atomic E-state index is -1.15. The van der Waals surface area contributed by atoms with Crippen molar-refractivity contribution >= 4 is 17.6 Å². The molecule has 5 nitrogen and oxygen atoms in total. The summed E-state index contributed by atoms with van der Waals surface area (Å²) >= 11 is 0. The summed E-state index contributed by atoms with van der Waals surface area (Å²) in [6.45, 7) is 1.92. The van der Waals surface area contributed by atoms with Gasteiger partial charge in [0, 0.05) is 11.9 Å². The number of amides is 1. The average Bonchev–Trinajstić information content (AvgIpc) is 3.08. The van der Waals surface area contributed by atoms with Gasteiger partial charge in [0.05, 0.1) is 18.7 Å². The van der Waals surface area contributed by atoms with Gasteiger partial charge in [0.1, 0.15) is 5.75 Å². The molecule has 2 bridgehead atoms. The molecule has 1 amide bonds. The van der Waals surface area contributed by atoms with Gasteiger partial charge < -0.3 is 20.0 Å². The minimum Gasteiger partial charge on any atom is -0.550 e. The number of hydrogen-bond acceptors (Lipinski definition) is 4. The molecule has 2 aliphatic rings. The van der Waals surface area contributed by atoms with Crippen molar-refractivity contribution in [1.82, 2.24) is 0 Å². The van der Waals surface area contributed by atoms with Crippen molar-refractivity contribution in [3.63, 3.8) is 0 Å². The first-order valence-electron chi connectivity index (χ1n) is 7.36. The van der Waals surface area contributed by atoms with E-state index in [2.05, 4.69) is 5.32 Å². The number of benzene rings is 1. The second-order valence-corrected chi connectivity index (χ2v) is 6.01. The van der Waals surface area contributed by atoms with Crippen LogP contribution in [0.25, 0.3) is 0 Å². The summed E-state index contributed by atoms with van der Waals surface area (Å²) in [4.78, 5) is 24.0. The molecule has 2 aliphatic carbocycles. The van der Waals surface area contributed by atoms with Crippen LogP contribution in [-0.2, 0) is 9.59 Å². The molecule has 0 saturated heterocycles. The Labute approximate surface area is 129 Å². The summed E-state index contributed by atoms with van der Waals surface area (Å²) in [6, 6.07) is 5.48. The Morgan fingerprint density at radius 3 is 2.55 bits per heavy atom. The van der Waals surface area contributed by atoms with Gasteiger partial charge in [0.2, 0.25) is 5.91 Å². The monoisotopic (exact) mass is 300 g/mol. The fourth-order valence-electron chi connectivity index (χ4n) is 3.64. The molecule has 5 heteroatoms. The minimum absolute atomic E-state index is 0.0243. The number of carboxylic acids is 1. The zero-order valence-corrected chi connectivity index (χ0v) is 12.5. The van der Waals surface area contributed by atoms with Gasteiger partial charge in [0.15, 0.2) is 0 Å². The van der Waals surface area contributed by atoms with Crippen LogP contribution in [0.3, 0.4) is 0 Å². The Balaban J connectivity index is 1.84. The van der Waals surface area contributed by atoms with Crippen LogP contribution in [0.15, 0.2) is 30.4 Å². The van der Waals surface area contributed by atoms with Crippen molar-refractivity contribution in [2.24, 2.45) is 23.7 Å². The van der Waals surface area contributed by atoms with Crippen molar-refractivity contribution in [3.05, 3.63) is 35.9 Å². The smallest absolute Gasteiger partial charge is 0.228 e. The molecule has 0 unspecified atom stereocenters. The van der Waals surface area contributed by atoms with Crippen LogP contribution in [0.1, 0.15) is 12.0 Å². The SMILES string of the molecule is COc1ccc(C)cc1NC(=O)[C@@H]1[C@@H](C(=O)[O-])[C@H]2C=C[C@H]1C2. The Bertz CT molecular complexity index is 652. The second-order valence-electron chi connectivity index (χ2n) is 6.01. The Morgan fingerprint density at radius 1 is 1.23 bits per heavy atom. The first-order chi connectivity index (χ1) is 10.5. The lowest BCUT2D eigenvalue weighted by atomic mass is 9.82. The molecule has 4 atom stereocenters. The molecule has 0 aliphatic heterocycles. The maximum absolute atomic E-state index is 12.6. The van der Waals surface area contributed by atoms with E-state index >= 15 is 0 Å². The van der Waals surface area contributed by atoms with E-state index in [1.165, 1.54) is 7.11 Å². The van der Waals surface area contributed by atoms with Crippen LogP contribution in [0.4, 0.5) is 5.69 Å². The number of allylic oxidation sites excluding steroid dienone is 2. The highest BCUT2D eigenvalue weighted by Gasteiger charge is 2.48. The Hall–Kier alpha value is -2.30. The molecule has 22 heavy (non-hydrogen) atoms. The number of carbonyl (C=O) groups excluding carboxylic acids is 2. The van der Waals surface area contributed by atoms with E-state index in [0.29, 0.717) is 17.9 Å². The maximum atomic E-state index is 12.6. The molecule has 1 fully saturated rings. The molecule has 0 radical (unpaired) electrons. The van der Waals surface area contributed by atoms with Crippen LogP contribution >= 0.6 is 0 Å². The number of methoxy groups -OCH3 is 1. The van der Waals surface area contributed by atoms with Gasteiger partial charge in [-0.1, -0.05) is 18.2 Å². The van der Waals surface area contributed by atoms with Crippen molar-refractivity contribution < 1.29 is 19.4 Å². The number of hydrogen-bond donors (Lipinski definition) is 1. The largest absolute Gasteiger partial charge is 0.550 e. The van der Waals surface area contributed by atoms with E-state index < -0.39 is 17.8 Å². The normalized spacial score (nSPS) is 28.6. The third kappa shape index (κ3) is 2.36. The number of aliphatic carboxylic acids is 1. The quantitative estimate of drug-likeness (QED) is 0.846. The number of carbonyl (C=O) groups is 2. The summed E-state index contributed by atoms with van der Waals surface area (Å²) in [7, 11) is 1.53. The molecule has 1 N–H and O–H groups in total. The van der Waals surface area contributed by atoms with E-state index in [0.717, 1.165) is 5.56 Å². The molecule has 116 valence electrons. The summed E-state index contributed by atoms with van der Waals surface area (Å²) in [6.07, 6.45) is 4.55. The molecule has 1 saturated carbocycles. The number of rotatable bonds is 4. The van der Waals surface area contributed by atoms with Crippen molar-refractivity contribution in [2.75, 3.05) is 12.4 Å². The standard InChI is InChI=1S/C17H19NO4/c1-9-3-6-13(22-2)12(7-9)18-16(19)14-10-4-5-11(8-10)15(14)17(20)21/h3-7,10-11,14-15H,8H2,1-2H3,(H,18,19)(H,20,21)/p-1/t10-,11-,14-,15-/m0/s1. The zero-order valence-electron chi connectivity index (χ0n) is 12.5. The van der Waals surface area contributed by atoms with Crippen molar-refractivity contribution in [1.29, 1.82) is 0 Å². The zero-order chi connectivity index (χ0) is 15.9. The third-order valence-corrected chi connectivity index (χ3v) is 4.65. The van der Waals surface area contributed by atoms with Crippen LogP contribution < -0.4 is 15.2 Å². The summed E-state index contributed by atoms with van der Waals surface area (Å²) in [5.41, 5.74) is 1.55. The molecular formula is C17H18NO4-. The number of anilines is 1. The number of aryl methyl sites for hydroxylation is 1. The number of nitrogens with one attached hydrogen (secondary N) is 1. The van der Waals surface area contributed by atoms with Crippen LogP contribution in [0.5, 0.6) is 5.75 Å². The predicted molar refractivity (Wildman–Crippen MR) is 79.1 cm³/mol. The molecule has 0 heterocycles. The van der Waals surface area contributed by atoms with Crippen LogP contribution in [-0.4, -0.2) is 19.0 Å². The molecule has 3 rings (SSSR count). The van der Waals surface area contributed by atoms with Gasteiger partial charge in [-0.15, -0.1) is 0 Å². The van der Waals surface area contributed by atoms with E-state index in [9.17, 15) is 14.7 Å². The van der Waals surface area contributed by atoms with E-state index in [1.807, 2.05) is 31.2 Å². The van der Waals surface area contributed by atoms with E-state index in [4.69, 9.17) is 4.74 Å². The lowest BCUT2D eigenvalue weighted by molar-refractivity contribution is -0.313.